The maximum atomic E-state index is 13.1. The quantitative estimate of drug-likeness (QED) is 0.585. The van der Waals surface area contributed by atoms with Gasteiger partial charge in [0.15, 0.2) is 0 Å². The summed E-state index contributed by atoms with van der Waals surface area (Å²) in [5.41, 5.74) is 3.00. The molecule has 0 unspecified atom stereocenters. The van der Waals surface area contributed by atoms with Crippen LogP contribution in [0.4, 0.5) is 17.1 Å². The predicted molar refractivity (Wildman–Crippen MR) is 117 cm³/mol. The molecule has 0 aliphatic carbocycles. The zero-order chi connectivity index (χ0) is 21.3. The summed E-state index contributed by atoms with van der Waals surface area (Å²) in [5, 5.41) is 19.9. The smallest absolute Gasteiger partial charge is 0.231 e. The number of fused-ring (bicyclic) bond motifs is 1. The summed E-state index contributed by atoms with van der Waals surface area (Å²) >= 11 is 0. The van der Waals surface area contributed by atoms with E-state index in [4.69, 9.17) is 0 Å². The predicted octanol–water partition coefficient (Wildman–Crippen LogP) is 0.988. The molecule has 2 heterocycles. The van der Waals surface area contributed by atoms with E-state index in [-0.39, 0.29) is 17.1 Å². The number of carbonyl (C=O) groups is 1. The van der Waals surface area contributed by atoms with Crippen LogP contribution in [0.3, 0.4) is 0 Å². The van der Waals surface area contributed by atoms with Crippen molar-refractivity contribution in [1.29, 1.82) is 5.26 Å². The summed E-state index contributed by atoms with van der Waals surface area (Å²) in [6, 6.07) is 17.4. The molecule has 0 radical (unpaired) electrons. The zero-order valence-corrected chi connectivity index (χ0v) is 17.3. The van der Waals surface area contributed by atoms with E-state index in [0.717, 1.165) is 48.1 Å². The molecule has 4 rings (SSSR count). The van der Waals surface area contributed by atoms with E-state index in [9.17, 15) is 15.2 Å². The van der Waals surface area contributed by atoms with Crippen LogP contribution < -0.4 is 19.6 Å². The standard InChI is InChI=1S/C23H25N5O2/c1-25-18-7-3-4-8-19(18)26(2)23(25)17(15-24)22(30)16-27-11-13-28(14-12-27)20-9-5-6-10-21(20)29/h3-10,29H,11-14,16H2,1-2H3/p+1. The number of anilines is 3. The summed E-state index contributed by atoms with van der Waals surface area (Å²) < 4.78 is 0. The van der Waals surface area contributed by atoms with E-state index >= 15 is 0 Å². The van der Waals surface area contributed by atoms with Crippen molar-refractivity contribution in [3.8, 4) is 11.8 Å². The number of benzene rings is 2. The first-order valence-electron chi connectivity index (χ1n) is 10.1. The largest absolute Gasteiger partial charge is 0.506 e. The number of carbonyl (C=O) groups excluding carboxylic acids is 1. The highest BCUT2D eigenvalue weighted by Crippen LogP contribution is 2.40. The molecule has 2 N–H and O–H groups in total. The minimum Gasteiger partial charge on any atom is -0.506 e. The Morgan fingerprint density at radius 3 is 2.07 bits per heavy atom. The number of para-hydroxylation sites is 4. The van der Waals surface area contributed by atoms with Crippen molar-refractivity contribution in [2.24, 2.45) is 0 Å². The molecule has 0 aromatic heterocycles. The van der Waals surface area contributed by atoms with Crippen molar-refractivity contribution in [1.82, 2.24) is 0 Å². The van der Waals surface area contributed by atoms with Gasteiger partial charge in [0.2, 0.25) is 5.78 Å². The van der Waals surface area contributed by atoms with Gasteiger partial charge in [0.25, 0.3) is 0 Å². The van der Waals surface area contributed by atoms with Gasteiger partial charge in [-0.1, -0.05) is 24.3 Å². The number of nitrogens with zero attached hydrogens (tertiary/aromatic N) is 4. The molecular weight excluding hydrogens is 378 g/mol. The van der Waals surface area contributed by atoms with E-state index in [0.29, 0.717) is 12.4 Å². The Labute approximate surface area is 176 Å². The Morgan fingerprint density at radius 1 is 1.00 bits per heavy atom. The molecule has 1 fully saturated rings. The number of phenolic OH excluding ortho intramolecular Hbond substituents is 1. The van der Waals surface area contributed by atoms with Crippen LogP contribution in [0.5, 0.6) is 5.75 Å². The first-order valence-corrected chi connectivity index (χ1v) is 10.1. The zero-order valence-electron chi connectivity index (χ0n) is 17.3. The van der Waals surface area contributed by atoms with Crippen LogP contribution in [0.25, 0.3) is 0 Å². The number of ketones is 1. The average molecular weight is 404 g/mol. The van der Waals surface area contributed by atoms with Gasteiger partial charge >= 0.3 is 0 Å². The summed E-state index contributed by atoms with van der Waals surface area (Å²) in [6.45, 7) is 3.35. The number of nitrogens with one attached hydrogen (secondary N) is 1. The Balaban J connectivity index is 1.46. The van der Waals surface area contributed by atoms with Crippen LogP contribution in [0, 0.1) is 11.3 Å². The van der Waals surface area contributed by atoms with E-state index in [1.54, 1.807) is 6.07 Å². The van der Waals surface area contributed by atoms with Crippen molar-refractivity contribution in [3.63, 3.8) is 0 Å². The number of piperazine rings is 1. The summed E-state index contributed by atoms with van der Waals surface area (Å²) in [7, 11) is 3.78. The third-order valence-electron chi connectivity index (χ3n) is 5.96. The van der Waals surface area contributed by atoms with E-state index < -0.39 is 0 Å². The number of hydrogen-bond donors (Lipinski definition) is 2. The fourth-order valence-corrected chi connectivity index (χ4v) is 4.34. The maximum absolute atomic E-state index is 13.1. The molecule has 2 aliphatic rings. The molecular formula is C23H26N5O2+. The molecule has 0 saturated carbocycles. The first kappa shape index (κ1) is 19.8. The van der Waals surface area contributed by atoms with Gasteiger partial charge in [-0.3, -0.25) is 4.79 Å². The van der Waals surface area contributed by atoms with Gasteiger partial charge in [-0.15, -0.1) is 0 Å². The monoisotopic (exact) mass is 404 g/mol. The van der Waals surface area contributed by atoms with Crippen molar-refractivity contribution in [2.45, 2.75) is 0 Å². The van der Waals surface area contributed by atoms with Gasteiger partial charge < -0.3 is 24.7 Å². The molecule has 2 aromatic rings. The second-order valence-electron chi connectivity index (χ2n) is 7.74. The second-order valence-corrected chi connectivity index (χ2v) is 7.74. The van der Waals surface area contributed by atoms with E-state index in [1.165, 1.54) is 0 Å². The van der Waals surface area contributed by atoms with E-state index in [1.807, 2.05) is 66.4 Å². The lowest BCUT2D eigenvalue weighted by Crippen LogP contribution is -3.15. The molecule has 0 atom stereocenters. The number of rotatable bonds is 4. The summed E-state index contributed by atoms with van der Waals surface area (Å²) in [6.07, 6.45) is 0. The molecule has 30 heavy (non-hydrogen) atoms. The van der Waals surface area contributed by atoms with Crippen molar-refractivity contribution in [2.75, 3.05) is 61.5 Å². The maximum Gasteiger partial charge on any atom is 0.231 e. The minimum atomic E-state index is -0.134. The van der Waals surface area contributed by atoms with Crippen LogP contribution in [0.1, 0.15) is 0 Å². The van der Waals surface area contributed by atoms with Crippen LogP contribution in [0.15, 0.2) is 59.9 Å². The molecule has 2 aliphatic heterocycles. The number of phenols is 1. The van der Waals surface area contributed by atoms with Gasteiger partial charge in [0.1, 0.15) is 29.8 Å². The fourth-order valence-electron chi connectivity index (χ4n) is 4.34. The van der Waals surface area contributed by atoms with Crippen molar-refractivity contribution < 1.29 is 14.8 Å². The lowest BCUT2D eigenvalue weighted by atomic mass is 10.1. The van der Waals surface area contributed by atoms with Crippen molar-refractivity contribution >= 4 is 22.8 Å². The summed E-state index contributed by atoms with van der Waals surface area (Å²) in [4.78, 5) is 20.2. The second kappa shape index (κ2) is 8.09. The first-order chi connectivity index (χ1) is 14.5. The van der Waals surface area contributed by atoms with Crippen LogP contribution >= 0.6 is 0 Å². The average Bonchev–Trinajstić information content (AvgIpc) is 3.01. The number of quaternary nitrogens is 1. The Morgan fingerprint density at radius 2 is 1.53 bits per heavy atom. The van der Waals surface area contributed by atoms with Gasteiger partial charge in [-0.25, -0.2) is 0 Å². The third-order valence-corrected chi connectivity index (χ3v) is 5.96. The highest BCUT2D eigenvalue weighted by molar-refractivity contribution is 6.03. The molecule has 0 amide bonds. The molecule has 0 bridgehead atoms. The van der Waals surface area contributed by atoms with Gasteiger partial charge in [0, 0.05) is 14.1 Å². The minimum absolute atomic E-state index is 0.134. The highest BCUT2D eigenvalue weighted by Gasteiger charge is 2.33. The van der Waals surface area contributed by atoms with Gasteiger partial charge in [0.05, 0.1) is 43.2 Å². The third kappa shape index (κ3) is 3.46. The number of Topliss-reactive ketones (excluding diaryl/α,β-unsaturated/α-hetero) is 1. The molecule has 7 nitrogen and oxygen atoms in total. The molecule has 7 heteroatoms. The van der Waals surface area contributed by atoms with E-state index in [2.05, 4.69) is 11.0 Å². The Kier molecular flexibility index (Phi) is 5.34. The SMILES string of the molecule is CN1C(=C(C#N)C(=O)C[NH+]2CCN(c3ccccc3O)CC2)N(C)c2ccccc21. The molecule has 154 valence electrons. The number of aromatic hydroxyl groups is 1. The molecule has 1 saturated heterocycles. The number of hydrogen-bond acceptors (Lipinski definition) is 6. The van der Waals surface area contributed by atoms with Crippen LogP contribution in [0.2, 0.25) is 0 Å². The van der Waals surface area contributed by atoms with Crippen LogP contribution in [-0.4, -0.2) is 57.7 Å². The topological polar surface area (TPSA) is 75.2 Å². The number of nitriles is 1. The Bertz CT molecular complexity index is 1000. The lowest BCUT2D eigenvalue weighted by molar-refractivity contribution is -0.892. The van der Waals surface area contributed by atoms with Gasteiger partial charge in [-0.2, -0.15) is 5.26 Å². The molecule has 2 aromatic carbocycles. The van der Waals surface area contributed by atoms with Crippen LogP contribution in [-0.2, 0) is 4.79 Å². The van der Waals surface area contributed by atoms with Crippen molar-refractivity contribution in [3.05, 3.63) is 59.9 Å². The lowest BCUT2D eigenvalue weighted by Gasteiger charge is -2.33. The highest BCUT2D eigenvalue weighted by atomic mass is 16.3. The molecule has 0 spiro atoms. The fraction of sp³-hybridized carbons (Fsp3) is 0.304. The Hall–Kier alpha value is -3.50. The summed E-state index contributed by atoms with van der Waals surface area (Å²) in [5.74, 6) is 0.779. The van der Waals surface area contributed by atoms with Gasteiger partial charge in [-0.05, 0) is 24.3 Å². The normalized spacial score (nSPS) is 16.4.